The van der Waals surface area contributed by atoms with Gasteiger partial charge in [0.25, 0.3) is 0 Å². The van der Waals surface area contributed by atoms with Gasteiger partial charge in [-0.15, -0.1) is 0 Å². The van der Waals surface area contributed by atoms with Gasteiger partial charge in [0, 0.05) is 12.6 Å². The van der Waals surface area contributed by atoms with E-state index in [4.69, 9.17) is 4.74 Å². The van der Waals surface area contributed by atoms with Gasteiger partial charge in [-0.05, 0) is 22.0 Å². The number of hydrogen-bond acceptors (Lipinski definition) is 5. The maximum absolute atomic E-state index is 13.1. The Labute approximate surface area is 124 Å². The summed E-state index contributed by atoms with van der Waals surface area (Å²) in [4.78, 5) is 10.1. The lowest BCUT2D eigenvalue weighted by molar-refractivity contribution is -0.386. The maximum atomic E-state index is 13.1. The molecule has 0 aromatic heterocycles. The highest BCUT2D eigenvalue weighted by atomic mass is 79.9. The normalized spacial score (nSPS) is 12.5. The Morgan fingerprint density at radius 3 is 2.75 bits per heavy atom. The monoisotopic (exact) mass is 350 g/mol. The van der Waals surface area contributed by atoms with E-state index in [-0.39, 0.29) is 22.9 Å². The van der Waals surface area contributed by atoms with Gasteiger partial charge in [0.2, 0.25) is 5.75 Å². The van der Waals surface area contributed by atoms with E-state index in [0.717, 1.165) is 12.1 Å². The van der Waals surface area contributed by atoms with Gasteiger partial charge in [-0.25, -0.2) is 4.39 Å². The van der Waals surface area contributed by atoms with E-state index < -0.39 is 22.5 Å². The van der Waals surface area contributed by atoms with Crippen molar-refractivity contribution in [2.45, 2.75) is 26.0 Å². The number of rotatable bonds is 7. The zero-order valence-electron chi connectivity index (χ0n) is 11.1. The molecule has 2 N–H and O–H groups in total. The topological polar surface area (TPSA) is 84.6 Å². The SMILES string of the molecule is CC(C)NCC(O)COc1c(Br)cc(F)cc1[N+](=O)[O-]. The molecule has 0 bridgehead atoms. The van der Waals surface area contributed by atoms with Gasteiger partial charge in [0.15, 0.2) is 0 Å². The van der Waals surface area contributed by atoms with E-state index in [2.05, 4.69) is 21.2 Å². The summed E-state index contributed by atoms with van der Waals surface area (Å²) in [5.74, 6) is -0.835. The quantitative estimate of drug-likeness (QED) is 0.581. The Balaban J connectivity index is 2.74. The summed E-state index contributed by atoms with van der Waals surface area (Å²) in [6.45, 7) is 4.01. The molecule has 0 spiro atoms. The number of nitrogens with one attached hydrogen (secondary N) is 1. The first-order chi connectivity index (χ1) is 9.31. The summed E-state index contributed by atoms with van der Waals surface area (Å²) >= 11 is 3.01. The van der Waals surface area contributed by atoms with E-state index in [1.807, 2.05) is 13.8 Å². The van der Waals surface area contributed by atoms with Crippen molar-refractivity contribution in [3.05, 3.63) is 32.5 Å². The third kappa shape index (κ3) is 5.03. The number of hydrogen-bond donors (Lipinski definition) is 2. The molecule has 1 aromatic rings. The van der Waals surface area contributed by atoms with Crippen LogP contribution in [0, 0.1) is 15.9 Å². The standard InChI is InChI=1S/C12H16BrFN2O4/c1-7(2)15-5-9(17)6-20-12-10(13)3-8(14)4-11(12)16(18)19/h3-4,7,9,15,17H,5-6H2,1-2H3. The van der Waals surface area contributed by atoms with E-state index in [0.29, 0.717) is 6.54 Å². The van der Waals surface area contributed by atoms with Crippen molar-refractivity contribution in [1.82, 2.24) is 5.32 Å². The molecule has 0 radical (unpaired) electrons. The minimum absolute atomic E-state index is 0.0972. The van der Waals surface area contributed by atoms with Gasteiger partial charge < -0.3 is 15.2 Å². The molecule has 1 atom stereocenters. The predicted octanol–water partition coefficient (Wildman–Crippen LogP) is 2.23. The highest BCUT2D eigenvalue weighted by Crippen LogP contribution is 2.35. The van der Waals surface area contributed by atoms with Crippen molar-refractivity contribution >= 4 is 21.6 Å². The lowest BCUT2D eigenvalue weighted by Gasteiger charge is -2.15. The number of aliphatic hydroxyl groups excluding tert-OH is 1. The molecule has 6 nitrogen and oxygen atoms in total. The summed E-state index contributed by atoms with van der Waals surface area (Å²) in [6.07, 6.45) is -0.825. The first-order valence-electron chi connectivity index (χ1n) is 5.99. The molecule has 8 heteroatoms. The van der Waals surface area contributed by atoms with Crippen LogP contribution in [0.25, 0.3) is 0 Å². The molecule has 0 amide bonds. The number of halogens is 2. The lowest BCUT2D eigenvalue weighted by atomic mass is 10.3. The number of nitro groups is 1. The number of benzene rings is 1. The number of aliphatic hydroxyl groups is 1. The van der Waals surface area contributed by atoms with Gasteiger partial charge in [0.05, 0.1) is 15.5 Å². The van der Waals surface area contributed by atoms with Gasteiger partial charge in [0.1, 0.15) is 18.5 Å². The Kier molecular flexibility index (Phi) is 6.31. The summed E-state index contributed by atoms with van der Waals surface area (Å²) < 4.78 is 18.5. The van der Waals surface area contributed by atoms with Crippen molar-refractivity contribution in [3.63, 3.8) is 0 Å². The predicted molar refractivity (Wildman–Crippen MR) is 75.4 cm³/mol. The van der Waals surface area contributed by atoms with E-state index in [1.54, 1.807) is 0 Å². The Bertz CT molecular complexity index is 485. The molecule has 0 aliphatic heterocycles. The first kappa shape index (κ1) is 16.8. The summed E-state index contributed by atoms with van der Waals surface area (Å²) in [6, 6.07) is 2.05. The van der Waals surface area contributed by atoms with Gasteiger partial charge in [-0.3, -0.25) is 10.1 Å². The fourth-order valence-electron chi connectivity index (χ4n) is 1.44. The molecular weight excluding hydrogens is 335 g/mol. The van der Waals surface area contributed by atoms with E-state index >= 15 is 0 Å². The fraction of sp³-hybridized carbons (Fsp3) is 0.500. The molecule has 0 aliphatic rings. The lowest BCUT2D eigenvalue weighted by Crippen LogP contribution is -2.35. The Morgan fingerprint density at radius 2 is 2.20 bits per heavy atom. The molecule has 1 rings (SSSR count). The molecule has 0 saturated carbocycles. The summed E-state index contributed by atoms with van der Waals surface area (Å²) in [7, 11) is 0. The molecule has 1 aromatic carbocycles. The molecule has 0 saturated heterocycles. The Hall–Kier alpha value is -1.25. The van der Waals surface area contributed by atoms with Crippen LogP contribution in [0.15, 0.2) is 16.6 Å². The molecule has 0 fully saturated rings. The van der Waals surface area contributed by atoms with Crippen LogP contribution in [0.2, 0.25) is 0 Å². The van der Waals surface area contributed by atoms with Crippen LogP contribution in [-0.4, -0.2) is 35.3 Å². The third-order valence-corrected chi connectivity index (χ3v) is 2.96. The molecule has 20 heavy (non-hydrogen) atoms. The molecule has 0 aliphatic carbocycles. The van der Waals surface area contributed by atoms with E-state index in [9.17, 15) is 19.6 Å². The van der Waals surface area contributed by atoms with E-state index in [1.165, 1.54) is 0 Å². The summed E-state index contributed by atoms with van der Waals surface area (Å²) in [5, 5.41) is 23.5. The second kappa shape index (κ2) is 7.51. The van der Waals surface area contributed by atoms with Crippen LogP contribution in [0.5, 0.6) is 5.75 Å². The number of ether oxygens (including phenoxy) is 1. The highest BCUT2D eigenvalue weighted by Gasteiger charge is 2.21. The minimum atomic E-state index is -0.825. The summed E-state index contributed by atoms with van der Waals surface area (Å²) in [5.41, 5.74) is -0.485. The average Bonchev–Trinajstić information content (AvgIpc) is 2.34. The molecule has 112 valence electrons. The largest absolute Gasteiger partial charge is 0.483 e. The third-order valence-electron chi connectivity index (χ3n) is 2.37. The van der Waals surface area contributed by atoms with Crippen molar-refractivity contribution in [2.24, 2.45) is 0 Å². The zero-order chi connectivity index (χ0) is 15.3. The Morgan fingerprint density at radius 1 is 1.55 bits per heavy atom. The molecule has 1 unspecified atom stereocenters. The van der Waals surface area contributed by atoms with Crippen molar-refractivity contribution in [1.29, 1.82) is 0 Å². The second-order valence-electron chi connectivity index (χ2n) is 4.52. The average molecular weight is 351 g/mol. The van der Waals surface area contributed by atoms with Crippen LogP contribution in [-0.2, 0) is 0 Å². The molecule has 0 heterocycles. The van der Waals surface area contributed by atoms with Crippen LogP contribution in [0.3, 0.4) is 0 Å². The van der Waals surface area contributed by atoms with Crippen LogP contribution < -0.4 is 10.1 Å². The molecular formula is C12H16BrFN2O4. The van der Waals surface area contributed by atoms with Crippen LogP contribution in [0.1, 0.15) is 13.8 Å². The number of nitro benzene ring substituents is 1. The maximum Gasteiger partial charge on any atom is 0.315 e. The van der Waals surface area contributed by atoms with Crippen LogP contribution in [0.4, 0.5) is 10.1 Å². The van der Waals surface area contributed by atoms with Crippen molar-refractivity contribution in [3.8, 4) is 5.75 Å². The smallest absolute Gasteiger partial charge is 0.315 e. The van der Waals surface area contributed by atoms with Crippen LogP contribution >= 0.6 is 15.9 Å². The zero-order valence-corrected chi connectivity index (χ0v) is 12.7. The van der Waals surface area contributed by atoms with Gasteiger partial charge in [-0.1, -0.05) is 13.8 Å². The highest BCUT2D eigenvalue weighted by molar-refractivity contribution is 9.10. The van der Waals surface area contributed by atoms with Gasteiger partial charge in [-0.2, -0.15) is 0 Å². The van der Waals surface area contributed by atoms with Crippen molar-refractivity contribution < 1.29 is 19.2 Å². The fourth-order valence-corrected chi connectivity index (χ4v) is 1.97. The first-order valence-corrected chi connectivity index (χ1v) is 6.78. The second-order valence-corrected chi connectivity index (χ2v) is 5.38. The number of nitrogens with zero attached hydrogens (tertiary/aromatic N) is 1. The van der Waals surface area contributed by atoms with Crippen molar-refractivity contribution in [2.75, 3.05) is 13.2 Å². The minimum Gasteiger partial charge on any atom is -0.483 e. The van der Waals surface area contributed by atoms with Gasteiger partial charge >= 0.3 is 5.69 Å².